The molecule has 0 amide bonds. The van der Waals surface area contributed by atoms with Crippen molar-refractivity contribution in [1.29, 1.82) is 0 Å². The number of hydrogen-bond acceptors (Lipinski definition) is 7. The fraction of sp³-hybridized carbons (Fsp3) is 0.350. The number of rotatable bonds is 3. The van der Waals surface area contributed by atoms with Crippen molar-refractivity contribution in [2.45, 2.75) is 26.2 Å². The molecule has 2 heterocycles. The molecule has 0 saturated heterocycles. The van der Waals surface area contributed by atoms with Gasteiger partial charge in [0.25, 0.3) is 5.56 Å². The lowest BCUT2D eigenvalue weighted by Crippen LogP contribution is -2.39. The Morgan fingerprint density at radius 3 is 2.52 bits per heavy atom. The minimum atomic E-state index is -1.42. The first-order chi connectivity index (χ1) is 13.9. The van der Waals surface area contributed by atoms with E-state index in [-0.39, 0.29) is 29.1 Å². The summed E-state index contributed by atoms with van der Waals surface area (Å²) in [5, 5.41) is 4.42. The Labute approximate surface area is 170 Å². The second-order valence-corrected chi connectivity index (χ2v) is 7.36. The van der Waals surface area contributed by atoms with Crippen LogP contribution in [0.25, 0.3) is 5.69 Å². The molecule has 1 aromatic heterocycles. The maximum absolute atomic E-state index is 13.0. The standard InChI is InChI=1S/C20H17ClN2O6/c1-10-7-12(18(26)17-14(24)3-2-4-15(17)25)20(27)23(22-10)11-8-13(21)19-16(9-11)28-5-6-29-19/h7-9,17H,2-6H2,1H3. The number of aryl methyl sites for hydroxylation is 1. The molecular formula is C20H17ClN2O6. The SMILES string of the molecule is Cc1cc(C(=O)C2C(=O)CCCC2=O)c(=O)n(-c2cc(Cl)c3c(c2)OCCO3)n1. The van der Waals surface area contributed by atoms with Gasteiger partial charge in [-0.2, -0.15) is 9.78 Å². The average Bonchev–Trinajstić information content (AvgIpc) is 2.69. The fourth-order valence-electron chi connectivity index (χ4n) is 3.54. The van der Waals surface area contributed by atoms with Crippen LogP contribution in [0.2, 0.25) is 5.02 Å². The van der Waals surface area contributed by atoms with Crippen LogP contribution in [0.1, 0.15) is 35.3 Å². The van der Waals surface area contributed by atoms with E-state index in [2.05, 4.69) is 5.10 Å². The van der Waals surface area contributed by atoms with Crippen LogP contribution in [-0.4, -0.2) is 40.3 Å². The number of Topliss-reactive ketones (excluding diaryl/α,β-unsaturated/α-hetero) is 3. The van der Waals surface area contributed by atoms with Gasteiger partial charge >= 0.3 is 0 Å². The Kier molecular flexibility index (Phi) is 4.96. The summed E-state index contributed by atoms with van der Waals surface area (Å²) in [6.45, 7) is 2.30. The molecule has 0 radical (unpaired) electrons. The molecule has 150 valence electrons. The Hall–Kier alpha value is -3.00. The Morgan fingerprint density at radius 1 is 1.10 bits per heavy atom. The van der Waals surface area contributed by atoms with E-state index in [4.69, 9.17) is 21.1 Å². The molecule has 1 aliphatic heterocycles. The van der Waals surface area contributed by atoms with Gasteiger partial charge in [0.1, 0.15) is 19.1 Å². The van der Waals surface area contributed by atoms with Gasteiger partial charge in [0.05, 0.1) is 22.0 Å². The third kappa shape index (κ3) is 3.44. The summed E-state index contributed by atoms with van der Waals surface area (Å²) in [7, 11) is 0. The Morgan fingerprint density at radius 2 is 1.79 bits per heavy atom. The summed E-state index contributed by atoms with van der Waals surface area (Å²) in [6, 6.07) is 4.32. The summed E-state index contributed by atoms with van der Waals surface area (Å²) in [5.41, 5.74) is -0.338. The number of carbonyl (C=O) groups excluding carboxylic acids is 3. The lowest BCUT2D eigenvalue weighted by Gasteiger charge is -2.21. The molecule has 2 aromatic rings. The molecule has 0 N–H and O–H groups in total. The van der Waals surface area contributed by atoms with Crippen molar-refractivity contribution in [1.82, 2.24) is 9.78 Å². The topological polar surface area (TPSA) is 105 Å². The van der Waals surface area contributed by atoms with Crippen molar-refractivity contribution >= 4 is 29.0 Å². The zero-order valence-corrected chi connectivity index (χ0v) is 16.3. The number of ketones is 3. The third-order valence-corrected chi connectivity index (χ3v) is 5.16. The number of hydrogen-bond donors (Lipinski definition) is 0. The van der Waals surface area contributed by atoms with Crippen LogP contribution in [0.15, 0.2) is 23.0 Å². The number of aromatic nitrogens is 2. The zero-order valence-electron chi connectivity index (χ0n) is 15.6. The van der Waals surface area contributed by atoms with Crippen molar-refractivity contribution < 1.29 is 23.9 Å². The smallest absolute Gasteiger partial charge is 0.282 e. The number of halogens is 1. The normalized spacial score (nSPS) is 16.8. The zero-order chi connectivity index (χ0) is 20.7. The van der Waals surface area contributed by atoms with Crippen LogP contribution in [0.5, 0.6) is 11.5 Å². The summed E-state index contributed by atoms with van der Waals surface area (Å²) < 4.78 is 12.0. The summed E-state index contributed by atoms with van der Waals surface area (Å²) in [4.78, 5) is 50.3. The van der Waals surface area contributed by atoms with Gasteiger partial charge in [-0.05, 0) is 25.5 Å². The van der Waals surface area contributed by atoms with Gasteiger partial charge in [-0.1, -0.05) is 11.6 Å². The molecule has 8 nitrogen and oxygen atoms in total. The van der Waals surface area contributed by atoms with Crippen LogP contribution in [-0.2, 0) is 9.59 Å². The van der Waals surface area contributed by atoms with E-state index >= 15 is 0 Å². The monoisotopic (exact) mass is 416 g/mol. The highest BCUT2D eigenvalue weighted by molar-refractivity contribution is 6.32. The van der Waals surface area contributed by atoms with Crippen molar-refractivity contribution in [2.24, 2.45) is 5.92 Å². The maximum Gasteiger partial charge on any atom is 0.282 e. The second kappa shape index (κ2) is 7.44. The molecule has 2 aliphatic rings. The van der Waals surface area contributed by atoms with Gasteiger partial charge in [-0.3, -0.25) is 19.2 Å². The van der Waals surface area contributed by atoms with E-state index in [9.17, 15) is 19.2 Å². The molecule has 9 heteroatoms. The molecule has 0 atom stereocenters. The van der Waals surface area contributed by atoms with Crippen LogP contribution in [0, 0.1) is 12.8 Å². The highest BCUT2D eigenvalue weighted by Gasteiger charge is 2.38. The van der Waals surface area contributed by atoms with E-state index in [1.807, 2.05) is 0 Å². The predicted octanol–water partition coefficient (Wildman–Crippen LogP) is 2.09. The summed E-state index contributed by atoms with van der Waals surface area (Å²) in [6.07, 6.45) is 0.729. The molecule has 1 aromatic carbocycles. The highest BCUT2D eigenvalue weighted by Crippen LogP contribution is 2.39. The molecule has 1 saturated carbocycles. The summed E-state index contributed by atoms with van der Waals surface area (Å²) >= 11 is 6.25. The largest absolute Gasteiger partial charge is 0.486 e. The van der Waals surface area contributed by atoms with Gasteiger partial charge in [0.15, 0.2) is 28.8 Å². The molecule has 0 spiro atoms. The molecule has 29 heavy (non-hydrogen) atoms. The quantitative estimate of drug-likeness (QED) is 0.557. The average molecular weight is 417 g/mol. The van der Waals surface area contributed by atoms with Crippen molar-refractivity contribution in [3.63, 3.8) is 0 Å². The van der Waals surface area contributed by atoms with Gasteiger partial charge in [0.2, 0.25) is 0 Å². The number of carbonyl (C=O) groups is 3. The van der Waals surface area contributed by atoms with Crippen LogP contribution < -0.4 is 15.0 Å². The van der Waals surface area contributed by atoms with Crippen LogP contribution in [0.3, 0.4) is 0 Å². The second-order valence-electron chi connectivity index (χ2n) is 6.95. The minimum Gasteiger partial charge on any atom is -0.486 e. The molecule has 1 fully saturated rings. The van der Waals surface area contributed by atoms with E-state index in [1.165, 1.54) is 12.1 Å². The first kappa shape index (κ1) is 19.3. The van der Waals surface area contributed by atoms with Gasteiger partial charge in [0, 0.05) is 18.9 Å². The van der Waals surface area contributed by atoms with E-state index < -0.39 is 28.8 Å². The third-order valence-electron chi connectivity index (χ3n) is 4.88. The first-order valence-corrected chi connectivity index (χ1v) is 9.55. The van der Waals surface area contributed by atoms with E-state index in [0.717, 1.165) is 4.68 Å². The van der Waals surface area contributed by atoms with E-state index in [0.29, 0.717) is 36.8 Å². The van der Waals surface area contributed by atoms with Crippen molar-refractivity contribution in [2.75, 3.05) is 13.2 Å². The van der Waals surface area contributed by atoms with Crippen molar-refractivity contribution in [3.8, 4) is 17.2 Å². The first-order valence-electron chi connectivity index (χ1n) is 9.17. The highest BCUT2D eigenvalue weighted by atomic mass is 35.5. The number of ether oxygens (including phenoxy) is 2. The van der Waals surface area contributed by atoms with Gasteiger partial charge in [-0.15, -0.1) is 0 Å². The molecule has 0 unspecified atom stereocenters. The number of benzene rings is 1. The molecule has 0 bridgehead atoms. The number of fused-ring (bicyclic) bond motifs is 1. The summed E-state index contributed by atoms with van der Waals surface area (Å²) in [5.74, 6) is -2.37. The molecule has 4 rings (SSSR count). The Balaban J connectivity index is 1.82. The van der Waals surface area contributed by atoms with Gasteiger partial charge in [-0.25, -0.2) is 0 Å². The molecular weight excluding hydrogens is 400 g/mol. The van der Waals surface area contributed by atoms with Gasteiger partial charge < -0.3 is 9.47 Å². The Bertz CT molecular complexity index is 1090. The lowest BCUT2D eigenvalue weighted by atomic mass is 9.82. The van der Waals surface area contributed by atoms with Crippen molar-refractivity contribution in [3.05, 3.63) is 44.8 Å². The van der Waals surface area contributed by atoms with Crippen LogP contribution >= 0.6 is 11.6 Å². The minimum absolute atomic E-state index is 0.151. The maximum atomic E-state index is 13.0. The lowest BCUT2D eigenvalue weighted by molar-refractivity contribution is -0.133. The molecule has 1 aliphatic carbocycles. The fourth-order valence-corrected chi connectivity index (χ4v) is 3.80. The van der Waals surface area contributed by atoms with Crippen LogP contribution in [0.4, 0.5) is 0 Å². The predicted molar refractivity (Wildman–Crippen MR) is 102 cm³/mol. The van der Waals surface area contributed by atoms with E-state index in [1.54, 1.807) is 13.0 Å². The number of nitrogens with zero attached hydrogens (tertiary/aromatic N) is 2.